The van der Waals surface area contributed by atoms with Gasteiger partial charge in [-0.15, -0.1) is 23.1 Å². The number of nitrogens with zero attached hydrogens (tertiary/aromatic N) is 1. The molecule has 142 valence electrons. The highest BCUT2D eigenvalue weighted by Crippen LogP contribution is 2.40. The van der Waals surface area contributed by atoms with Crippen LogP contribution in [0, 0.1) is 11.3 Å². The van der Waals surface area contributed by atoms with Gasteiger partial charge in [0.15, 0.2) is 0 Å². The largest absolute Gasteiger partial charge is 0.396 e. The molecule has 0 bridgehead atoms. The lowest BCUT2D eigenvalue weighted by molar-refractivity contribution is 0.104. The molecule has 0 saturated heterocycles. The highest BCUT2D eigenvalue weighted by Gasteiger charge is 2.22. The van der Waals surface area contributed by atoms with Crippen molar-refractivity contribution < 1.29 is 4.79 Å². The lowest BCUT2D eigenvalue weighted by Gasteiger charge is -2.19. The molecule has 0 amide bonds. The van der Waals surface area contributed by atoms with E-state index in [4.69, 9.17) is 5.73 Å². The van der Waals surface area contributed by atoms with E-state index in [1.54, 1.807) is 23.9 Å². The second-order valence-electron chi connectivity index (χ2n) is 7.55. The molecule has 0 fully saturated rings. The molecule has 5 heteroatoms. The number of nitriles is 1. The number of ketones is 1. The molecule has 0 aliphatic rings. The van der Waals surface area contributed by atoms with Gasteiger partial charge in [0.25, 0.3) is 0 Å². The number of hydrogen-bond donors (Lipinski definition) is 1. The Hall–Kier alpha value is -2.55. The number of rotatable bonds is 5. The number of carbonyl (C=O) groups excluding carboxylic acids is 1. The molecule has 0 saturated carbocycles. The molecule has 1 aromatic heterocycles. The van der Waals surface area contributed by atoms with Crippen LogP contribution in [0.3, 0.4) is 0 Å². The third kappa shape index (κ3) is 4.30. The van der Waals surface area contributed by atoms with Crippen molar-refractivity contribution in [2.45, 2.75) is 36.1 Å². The minimum atomic E-state index is -0.138. The Kier molecular flexibility index (Phi) is 5.93. The molecule has 2 aromatic carbocycles. The fraction of sp³-hybridized carbons (Fsp3) is 0.217. The van der Waals surface area contributed by atoms with Gasteiger partial charge in [-0.3, -0.25) is 4.79 Å². The van der Waals surface area contributed by atoms with E-state index in [-0.39, 0.29) is 16.9 Å². The van der Waals surface area contributed by atoms with Crippen molar-refractivity contribution in [2.75, 3.05) is 5.73 Å². The van der Waals surface area contributed by atoms with Crippen LogP contribution in [0.4, 0.5) is 5.69 Å². The SMILES string of the molecule is CC(C)(C)c1ccc(CSc2sc(C(=O)c3ccccc3)c(N)c2C#N)cc1. The molecule has 0 aliphatic carbocycles. The Morgan fingerprint density at radius 2 is 1.75 bits per heavy atom. The number of carbonyl (C=O) groups is 1. The van der Waals surface area contributed by atoms with Gasteiger partial charge >= 0.3 is 0 Å². The number of benzene rings is 2. The predicted octanol–water partition coefficient (Wildman–Crippen LogP) is 6.02. The Labute approximate surface area is 174 Å². The number of nitrogen functional groups attached to an aromatic ring is 1. The predicted molar refractivity (Wildman–Crippen MR) is 118 cm³/mol. The summed E-state index contributed by atoms with van der Waals surface area (Å²) in [6.07, 6.45) is 0. The Balaban J connectivity index is 1.81. The first-order valence-electron chi connectivity index (χ1n) is 8.95. The van der Waals surface area contributed by atoms with E-state index in [1.807, 2.05) is 18.2 Å². The van der Waals surface area contributed by atoms with E-state index in [1.165, 1.54) is 22.5 Å². The van der Waals surface area contributed by atoms with Crippen molar-refractivity contribution in [2.24, 2.45) is 0 Å². The molecule has 0 radical (unpaired) electrons. The molecule has 1 heterocycles. The van der Waals surface area contributed by atoms with E-state index in [2.05, 4.69) is 51.1 Å². The van der Waals surface area contributed by atoms with Gasteiger partial charge in [-0.05, 0) is 16.5 Å². The average Bonchev–Trinajstić information content (AvgIpc) is 3.01. The monoisotopic (exact) mass is 406 g/mol. The molecular weight excluding hydrogens is 384 g/mol. The van der Waals surface area contributed by atoms with Crippen LogP contribution in [-0.2, 0) is 11.2 Å². The maximum absolute atomic E-state index is 12.8. The van der Waals surface area contributed by atoms with Crippen molar-refractivity contribution >= 4 is 34.6 Å². The molecule has 0 spiro atoms. The van der Waals surface area contributed by atoms with Crippen molar-refractivity contribution in [3.63, 3.8) is 0 Å². The lowest BCUT2D eigenvalue weighted by atomic mass is 9.87. The molecule has 0 atom stereocenters. The fourth-order valence-corrected chi connectivity index (χ4v) is 5.09. The van der Waals surface area contributed by atoms with Crippen molar-refractivity contribution in [1.82, 2.24) is 0 Å². The zero-order valence-electron chi connectivity index (χ0n) is 16.2. The molecule has 2 N–H and O–H groups in total. The van der Waals surface area contributed by atoms with Crippen LogP contribution in [0.1, 0.15) is 52.7 Å². The van der Waals surface area contributed by atoms with Gasteiger partial charge in [-0.2, -0.15) is 5.26 Å². The molecule has 0 unspecified atom stereocenters. The summed E-state index contributed by atoms with van der Waals surface area (Å²) in [4.78, 5) is 13.2. The third-order valence-electron chi connectivity index (χ3n) is 4.46. The summed E-state index contributed by atoms with van der Waals surface area (Å²) in [6.45, 7) is 6.57. The summed E-state index contributed by atoms with van der Waals surface area (Å²) in [5.74, 6) is 0.582. The molecule has 3 rings (SSSR count). The smallest absolute Gasteiger partial charge is 0.205 e. The molecule has 3 nitrogen and oxygen atoms in total. The van der Waals surface area contributed by atoms with Crippen LogP contribution in [0.2, 0.25) is 0 Å². The molecule has 3 aromatic rings. The highest BCUT2D eigenvalue weighted by molar-refractivity contribution is 8.00. The van der Waals surface area contributed by atoms with Gasteiger partial charge in [0.2, 0.25) is 5.78 Å². The third-order valence-corrected chi connectivity index (χ3v) is 7.00. The van der Waals surface area contributed by atoms with Gasteiger partial charge in [0, 0.05) is 11.3 Å². The summed E-state index contributed by atoms with van der Waals surface area (Å²) in [7, 11) is 0. The van der Waals surface area contributed by atoms with Crippen LogP contribution < -0.4 is 5.73 Å². The van der Waals surface area contributed by atoms with Crippen molar-refractivity contribution in [1.29, 1.82) is 5.26 Å². The van der Waals surface area contributed by atoms with Gasteiger partial charge in [0.05, 0.1) is 9.90 Å². The minimum Gasteiger partial charge on any atom is -0.396 e. The maximum atomic E-state index is 12.8. The first-order chi connectivity index (χ1) is 13.3. The standard InChI is InChI=1S/C23H22N2OS2/c1-23(2,3)17-11-9-15(10-12-17)14-27-22-18(13-24)19(25)21(28-22)20(26)16-7-5-4-6-8-16/h4-12H,14,25H2,1-3H3. The first-order valence-corrected chi connectivity index (χ1v) is 10.8. The summed E-state index contributed by atoms with van der Waals surface area (Å²) in [6, 6.07) is 19.7. The van der Waals surface area contributed by atoms with Crippen molar-refractivity contribution in [3.8, 4) is 6.07 Å². The average molecular weight is 407 g/mol. The minimum absolute atomic E-state index is 0.120. The normalized spacial score (nSPS) is 11.2. The van der Waals surface area contributed by atoms with Crippen LogP contribution in [0.25, 0.3) is 0 Å². The number of hydrogen-bond acceptors (Lipinski definition) is 5. The molecule has 28 heavy (non-hydrogen) atoms. The van der Waals surface area contributed by atoms with Gasteiger partial charge in [-0.25, -0.2) is 0 Å². The Bertz CT molecular complexity index is 1020. The summed E-state index contributed by atoms with van der Waals surface area (Å²) < 4.78 is 0.791. The lowest BCUT2D eigenvalue weighted by Crippen LogP contribution is -2.10. The first kappa shape index (κ1) is 20.2. The Morgan fingerprint density at radius 1 is 1.11 bits per heavy atom. The van der Waals surface area contributed by atoms with Gasteiger partial charge < -0.3 is 5.73 Å². The topological polar surface area (TPSA) is 66.9 Å². The zero-order chi connectivity index (χ0) is 20.3. The van der Waals surface area contributed by atoms with Crippen LogP contribution in [0.5, 0.6) is 0 Å². The summed E-state index contributed by atoms with van der Waals surface area (Å²) in [5.41, 5.74) is 9.99. The quantitative estimate of drug-likeness (QED) is 0.415. The molecular formula is C23H22N2OS2. The molecule has 0 aliphatic heterocycles. The van der Waals surface area contributed by atoms with Gasteiger partial charge in [-0.1, -0.05) is 75.4 Å². The van der Waals surface area contributed by atoms with E-state index in [9.17, 15) is 10.1 Å². The number of thiophene rings is 1. The van der Waals surface area contributed by atoms with Crippen molar-refractivity contribution in [3.05, 3.63) is 81.7 Å². The van der Waals surface area contributed by atoms with Crippen LogP contribution in [0.15, 0.2) is 58.8 Å². The summed E-state index contributed by atoms with van der Waals surface area (Å²) in [5, 5.41) is 9.54. The Morgan fingerprint density at radius 3 is 2.32 bits per heavy atom. The van der Waals surface area contributed by atoms with E-state index >= 15 is 0 Å². The zero-order valence-corrected chi connectivity index (χ0v) is 17.8. The number of nitrogens with two attached hydrogens (primary N) is 1. The number of thioether (sulfide) groups is 1. The second kappa shape index (κ2) is 8.22. The van der Waals surface area contributed by atoms with Crippen LogP contribution in [-0.4, -0.2) is 5.78 Å². The highest BCUT2D eigenvalue weighted by atomic mass is 32.2. The second-order valence-corrected chi connectivity index (χ2v) is 9.81. The maximum Gasteiger partial charge on any atom is 0.205 e. The summed E-state index contributed by atoms with van der Waals surface area (Å²) >= 11 is 2.86. The van der Waals surface area contributed by atoms with E-state index in [0.29, 0.717) is 16.0 Å². The van der Waals surface area contributed by atoms with E-state index < -0.39 is 0 Å². The van der Waals surface area contributed by atoms with E-state index in [0.717, 1.165) is 9.96 Å². The van der Waals surface area contributed by atoms with Crippen LogP contribution >= 0.6 is 23.1 Å². The fourth-order valence-electron chi connectivity index (χ4n) is 2.77. The van der Waals surface area contributed by atoms with Gasteiger partial charge in [0.1, 0.15) is 16.5 Å². The number of anilines is 1.